The van der Waals surface area contributed by atoms with E-state index in [9.17, 15) is 27.2 Å². The third-order valence-corrected chi connectivity index (χ3v) is 4.60. The average molecular weight is 450 g/mol. The molecule has 1 saturated heterocycles. The summed E-state index contributed by atoms with van der Waals surface area (Å²) in [6.07, 6.45) is -4.78. The number of benzene rings is 2. The van der Waals surface area contributed by atoms with Crippen molar-refractivity contribution in [1.82, 2.24) is 10.2 Å². The number of carbonyl (C=O) groups is 2. The molecule has 4 rings (SSSR count). The molecule has 2 heterocycles. The predicted octanol–water partition coefficient (Wildman–Crippen LogP) is 3.88. The lowest BCUT2D eigenvalue weighted by Gasteiger charge is -2.17. The molecular formula is C20H14F4N4O4. The van der Waals surface area contributed by atoms with Crippen molar-refractivity contribution in [3.63, 3.8) is 0 Å². The second-order valence-electron chi connectivity index (χ2n) is 6.86. The molecule has 32 heavy (non-hydrogen) atoms. The molecule has 8 nitrogen and oxygen atoms in total. The van der Waals surface area contributed by atoms with E-state index < -0.39 is 29.8 Å². The number of alkyl halides is 3. The maximum absolute atomic E-state index is 13.3. The third kappa shape index (κ3) is 4.85. The molecule has 2 amide bonds. The van der Waals surface area contributed by atoms with Crippen molar-refractivity contribution >= 4 is 23.5 Å². The highest BCUT2D eigenvalue weighted by molar-refractivity contribution is 6.03. The fourth-order valence-electron chi connectivity index (χ4n) is 3.20. The van der Waals surface area contributed by atoms with Gasteiger partial charge in [0, 0.05) is 24.2 Å². The summed E-state index contributed by atoms with van der Waals surface area (Å²) in [6, 6.07) is 9.70. The zero-order chi connectivity index (χ0) is 22.9. The topological polar surface area (TPSA) is 97.6 Å². The van der Waals surface area contributed by atoms with E-state index in [0.29, 0.717) is 5.69 Å². The van der Waals surface area contributed by atoms with Gasteiger partial charge in [0.05, 0.1) is 5.92 Å². The van der Waals surface area contributed by atoms with Crippen LogP contribution in [0.4, 0.5) is 29.3 Å². The van der Waals surface area contributed by atoms with Gasteiger partial charge in [-0.15, -0.1) is 18.3 Å². The molecule has 166 valence electrons. The van der Waals surface area contributed by atoms with Gasteiger partial charge in [-0.25, -0.2) is 4.39 Å². The molecule has 0 spiro atoms. The Labute approximate surface area is 177 Å². The molecule has 0 bridgehead atoms. The summed E-state index contributed by atoms with van der Waals surface area (Å²) in [4.78, 5) is 25.9. The average Bonchev–Trinajstić information content (AvgIpc) is 3.34. The number of carbonyl (C=O) groups excluding carboxylic acids is 2. The Morgan fingerprint density at radius 1 is 1.16 bits per heavy atom. The van der Waals surface area contributed by atoms with Crippen LogP contribution in [0, 0.1) is 5.82 Å². The number of aromatic nitrogens is 2. The maximum Gasteiger partial charge on any atom is 0.573 e. The predicted molar refractivity (Wildman–Crippen MR) is 101 cm³/mol. The second-order valence-corrected chi connectivity index (χ2v) is 6.86. The number of ether oxygens (including phenoxy) is 1. The largest absolute Gasteiger partial charge is 0.573 e. The normalized spacial score (nSPS) is 16.3. The summed E-state index contributed by atoms with van der Waals surface area (Å²) in [5.74, 6) is -2.30. The first-order valence-electron chi connectivity index (χ1n) is 9.24. The van der Waals surface area contributed by atoms with Crippen LogP contribution in [0.2, 0.25) is 0 Å². The van der Waals surface area contributed by atoms with Gasteiger partial charge in [0.25, 0.3) is 5.91 Å². The van der Waals surface area contributed by atoms with Crippen molar-refractivity contribution in [2.75, 3.05) is 16.8 Å². The molecule has 2 aromatic carbocycles. The van der Waals surface area contributed by atoms with E-state index in [2.05, 4.69) is 20.3 Å². The summed E-state index contributed by atoms with van der Waals surface area (Å²) >= 11 is 0. The van der Waals surface area contributed by atoms with Crippen molar-refractivity contribution in [3.8, 4) is 5.75 Å². The fraction of sp³-hybridized carbons (Fsp3) is 0.200. The van der Waals surface area contributed by atoms with Gasteiger partial charge < -0.3 is 14.1 Å². The number of halogens is 4. The van der Waals surface area contributed by atoms with Crippen molar-refractivity contribution in [3.05, 3.63) is 65.8 Å². The third-order valence-electron chi connectivity index (χ3n) is 4.60. The van der Waals surface area contributed by atoms with Gasteiger partial charge in [0.2, 0.25) is 11.8 Å². The van der Waals surface area contributed by atoms with Crippen LogP contribution in [-0.2, 0) is 4.79 Å². The number of nitrogens with one attached hydrogen (secondary N) is 1. The summed E-state index contributed by atoms with van der Waals surface area (Å²) in [6.45, 7) is 0.151. The lowest BCUT2D eigenvalue weighted by Crippen LogP contribution is -2.24. The Balaban J connectivity index is 1.41. The van der Waals surface area contributed by atoms with Crippen molar-refractivity contribution in [2.24, 2.45) is 0 Å². The molecule has 0 radical (unpaired) electrons. The number of hydrogen-bond donors (Lipinski definition) is 1. The Morgan fingerprint density at radius 3 is 2.59 bits per heavy atom. The van der Waals surface area contributed by atoms with E-state index in [1.54, 1.807) is 0 Å². The molecule has 0 saturated carbocycles. The first-order valence-corrected chi connectivity index (χ1v) is 9.24. The highest BCUT2D eigenvalue weighted by Crippen LogP contribution is 2.33. The van der Waals surface area contributed by atoms with Gasteiger partial charge in [0.15, 0.2) is 0 Å². The zero-order valence-corrected chi connectivity index (χ0v) is 16.1. The molecule has 0 aliphatic carbocycles. The molecule has 1 fully saturated rings. The first-order chi connectivity index (χ1) is 15.2. The first kappa shape index (κ1) is 21.3. The van der Waals surface area contributed by atoms with Crippen molar-refractivity contribution in [1.29, 1.82) is 0 Å². The number of hydrogen-bond acceptors (Lipinski definition) is 6. The summed E-state index contributed by atoms with van der Waals surface area (Å²) in [5, 5.41) is 9.93. The second kappa shape index (κ2) is 8.29. The monoisotopic (exact) mass is 450 g/mol. The quantitative estimate of drug-likeness (QED) is 0.593. The zero-order valence-electron chi connectivity index (χ0n) is 16.1. The van der Waals surface area contributed by atoms with Gasteiger partial charge in [-0.05, 0) is 42.5 Å². The molecule has 1 N–H and O–H groups in total. The number of rotatable bonds is 5. The summed E-state index contributed by atoms with van der Waals surface area (Å²) in [5.41, 5.74) is 0.441. The van der Waals surface area contributed by atoms with Gasteiger partial charge in [-0.3, -0.25) is 14.9 Å². The highest BCUT2D eigenvalue weighted by Gasteiger charge is 2.35. The van der Waals surface area contributed by atoms with E-state index in [-0.39, 0.29) is 36.3 Å². The number of amides is 2. The van der Waals surface area contributed by atoms with E-state index in [0.717, 1.165) is 18.2 Å². The van der Waals surface area contributed by atoms with Crippen LogP contribution >= 0.6 is 0 Å². The minimum atomic E-state index is -4.81. The van der Waals surface area contributed by atoms with Crippen LogP contribution in [0.3, 0.4) is 0 Å². The van der Waals surface area contributed by atoms with Gasteiger partial charge in [-0.1, -0.05) is 11.2 Å². The molecule has 12 heteroatoms. The lowest BCUT2D eigenvalue weighted by molar-refractivity contribution is -0.274. The SMILES string of the molecule is O=C(Nc1nnc(C2CC(=O)N(c3ccc(OC(F)(F)F)cc3)C2)o1)c1cccc(F)c1. The van der Waals surface area contributed by atoms with E-state index in [4.69, 9.17) is 4.42 Å². The van der Waals surface area contributed by atoms with Crippen LogP contribution < -0.4 is 15.0 Å². The Hall–Kier alpha value is -3.96. The highest BCUT2D eigenvalue weighted by atomic mass is 19.4. The molecule has 1 atom stereocenters. The van der Waals surface area contributed by atoms with Crippen LogP contribution in [0.25, 0.3) is 0 Å². The van der Waals surface area contributed by atoms with Gasteiger partial charge in [-0.2, -0.15) is 0 Å². The minimum Gasteiger partial charge on any atom is -0.407 e. The molecule has 3 aromatic rings. The lowest BCUT2D eigenvalue weighted by atomic mass is 10.1. The van der Waals surface area contributed by atoms with Crippen LogP contribution in [-0.4, -0.2) is 34.9 Å². The van der Waals surface area contributed by atoms with Crippen LogP contribution in [0.5, 0.6) is 5.75 Å². The molecule has 1 aliphatic heterocycles. The molecular weight excluding hydrogens is 436 g/mol. The van der Waals surface area contributed by atoms with Crippen molar-refractivity contribution < 1.29 is 36.3 Å². The standard InChI is InChI=1S/C20H14F4N4O4/c21-13-3-1-2-11(8-13)17(30)25-19-27-26-18(31-19)12-9-16(29)28(10-12)14-4-6-15(7-5-14)32-20(22,23)24/h1-8,12H,9-10H2,(H,25,27,30). The Bertz CT molecular complexity index is 1150. The van der Waals surface area contributed by atoms with E-state index >= 15 is 0 Å². The summed E-state index contributed by atoms with van der Waals surface area (Å²) < 4.78 is 59.4. The van der Waals surface area contributed by atoms with Gasteiger partial charge >= 0.3 is 12.4 Å². The van der Waals surface area contributed by atoms with Gasteiger partial charge in [0.1, 0.15) is 11.6 Å². The smallest absolute Gasteiger partial charge is 0.407 e. The van der Waals surface area contributed by atoms with Crippen LogP contribution in [0.15, 0.2) is 52.9 Å². The number of anilines is 2. The Kier molecular flexibility index (Phi) is 5.51. The van der Waals surface area contributed by atoms with E-state index in [1.807, 2.05) is 0 Å². The molecule has 1 aromatic heterocycles. The summed E-state index contributed by atoms with van der Waals surface area (Å²) in [7, 11) is 0. The Morgan fingerprint density at radius 2 is 1.91 bits per heavy atom. The molecule has 1 unspecified atom stereocenters. The number of nitrogens with zero attached hydrogens (tertiary/aromatic N) is 3. The maximum atomic E-state index is 13.3. The van der Waals surface area contributed by atoms with Crippen molar-refractivity contribution in [2.45, 2.75) is 18.7 Å². The van der Waals surface area contributed by atoms with E-state index in [1.165, 1.54) is 35.2 Å². The van der Waals surface area contributed by atoms with Crippen LogP contribution in [0.1, 0.15) is 28.6 Å². The minimum absolute atomic E-state index is 0.0281. The fourth-order valence-corrected chi connectivity index (χ4v) is 3.20. The molecule has 1 aliphatic rings.